The van der Waals surface area contributed by atoms with Gasteiger partial charge in [-0.3, -0.25) is 14.5 Å². The average molecular weight is 404 g/mol. The van der Waals surface area contributed by atoms with E-state index in [0.717, 1.165) is 5.56 Å². The summed E-state index contributed by atoms with van der Waals surface area (Å²) in [5.41, 5.74) is 2.04. The number of hydrogen-bond donors (Lipinski definition) is 1. The quantitative estimate of drug-likeness (QED) is 0.402. The van der Waals surface area contributed by atoms with E-state index in [0.29, 0.717) is 22.6 Å². The molecular weight excluding hydrogens is 384 g/mol. The highest BCUT2D eigenvalue weighted by Gasteiger charge is 2.48. The van der Waals surface area contributed by atoms with Crippen LogP contribution in [-0.4, -0.2) is 29.1 Å². The third-order valence-corrected chi connectivity index (χ3v) is 5.04. The molecule has 2 aromatic carbocycles. The molecule has 1 aromatic heterocycles. The molecule has 0 spiro atoms. The Morgan fingerprint density at radius 2 is 1.83 bits per heavy atom. The van der Waals surface area contributed by atoms with Crippen molar-refractivity contribution in [1.82, 2.24) is 5.16 Å². The average Bonchev–Trinajstić information content (AvgIpc) is 3.29. The summed E-state index contributed by atoms with van der Waals surface area (Å²) in [6.07, 6.45) is 0. The Morgan fingerprint density at radius 3 is 2.47 bits per heavy atom. The molecule has 1 N–H and O–H groups in total. The first-order valence-electron chi connectivity index (χ1n) is 9.36. The molecule has 1 fully saturated rings. The summed E-state index contributed by atoms with van der Waals surface area (Å²) in [6, 6.07) is 14.8. The zero-order valence-corrected chi connectivity index (χ0v) is 16.7. The van der Waals surface area contributed by atoms with Gasteiger partial charge in [0.15, 0.2) is 5.82 Å². The van der Waals surface area contributed by atoms with Gasteiger partial charge in [-0.1, -0.05) is 47.1 Å². The van der Waals surface area contributed by atoms with Gasteiger partial charge in [0.25, 0.3) is 5.78 Å². The van der Waals surface area contributed by atoms with E-state index in [2.05, 4.69) is 5.16 Å². The van der Waals surface area contributed by atoms with E-state index in [1.54, 1.807) is 49.4 Å². The first-order valence-corrected chi connectivity index (χ1v) is 9.36. The number of aromatic nitrogens is 1. The smallest absolute Gasteiger partial charge is 0.301 e. The second-order valence-electron chi connectivity index (χ2n) is 7.11. The van der Waals surface area contributed by atoms with Crippen LogP contribution >= 0.6 is 0 Å². The third kappa shape index (κ3) is 3.24. The molecule has 0 radical (unpaired) electrons. The van der Waals surface area contributed by atoms with Gasteiger partial charge in [-0.2, -0.15) is 0 Å². The van der Waals surface area contributed by atoms with Crippen LogP contribution in [0, 0.1) is 13.8 Å². The molecule has 0 aliphatic carbocycles. The summed E-state index contributed by atoms with van der Waals surface area (Å²) in [5.74, 6) is -0.569. The fraction of sp³-hybridized carbons (Fsp3) is 0.174. The first kappa shape index (κ1) is 19.4. The molecule has 3 aromatic rings. The van der Waals surface area contributed by atoms with Crippen molar-refractivity contribution in [3.05, 3.63) is 82.6 Å². The Bertz CT molecular complexity index is 1160. The molecule has 7 nitrogen and oxygen atoms in total. The first-order chi connectivity index (χ1) is 14.4. The van der Waals surface area contributed by atoms with Gasteiger partial charge in [-0.25, -0.2) is 0 Å². The Balaban J connectivity index is 1.95. The fourth-order valence-corrected chi connectivity index (χ4v) is 3.53. The van der Waals surface area contributed by atoms with Crippen LogP contribution in [0.15, 0.2) is 64.7 Å². The molecule has 7 heteroatoms. The number of ether oxygens (including phenoxy) is 1. The Hall–Kier alpha value is -3.87. The van der Waals surface area contributed by atoms with Crippen LogP contribution in [0.3, 0.4) is 0 Å². The van der Waals surface area contributed by atoms with E-state index >= 15 is 0 Å². The Labute approximate surface area is 173 Å². The number of Topliss-reactive ketones (excluding diaryl/α,β-unsaturated/α-hetero) is 1. The normalized spacial score (nSPS) is 18.1. The van der Waals surface area contributed by atoms with Crippen molar-refractivity contribution < 1.29 is 24.0 Å². The van der Waals surface area contributed by atoms with Gasteiger partial charge < -0.3 is 14.4 Å². The van der Waals surface area contributed by atoms with Gasteiger partial charge in [0, 0.05) is 11.6 Å². The van der Waals surface area contributed by atoms with Crippen molar-refractivity contribution in [3.8, 4) is 5.75 Å². The lowest BCUT2D eigenvalue weighted by molar-refractivity contribution is -0.132. The van der Waals surface area contributed by atoms with Crippen molar-refractivity contribution in [3.63, 3.8) is 0 Å². The molecule has 30 heavy (non-hydrogen) atoms. The van der Waals surface area contributed by atoms with Gasteiger partial charge in [0.05, 0.1) is 18.7 Å². The van der Waals surface area contributed by atoms with E-state index in [1.165, 1.54) is 12.0 Å². The van der Waals surface area contributed by atoms with Crippen LogP contribution < -0.4 is 9.64 Å². The SMILES string of the molecule is COc1cccc([C@@H]2/C(=C(\O)c3ccc(C)cc3)C(=O)C(=O)N2c2cc(C)on2)c1. The minimum absolute atomic E-state index is 0.0160. The third-order valence-electron chi connectivity index (χ3n) is 5.04. The van der Waals surface area contributed by atoms with E-state index in [-0.39, 0.29) is 17.2 Å². The van der Waals surface area contributed by atoms with E-state index in [9.17, 15) is 14.7 Å². The van der Waals surface area contributed by atoms with Gasteiger partial charge in [-0.15, -0.1) is 0 Å². The number of rotatable bonds is 4. The number of amides is 1. The number of methoxy groups -OCH3 is 1. The maximum absolute atomic E-state index is 13.0. The van der Waals surface area contributed by atoms with Crippen LogP contribution in [0.25, 0.3) is 5.76 Å². The second kappa shape index (κ2) is 7.51. The highest BCUT2D eigenvalue weighted by molar-refractivity contribution is 6.51. The highest BCUT2D eigenvalue weighted by atomic mass is 16.5. The Morgan fingerprint density at radius 1 is 1.10 bits per heavy atom. The molecule has 152 valence electrons. The largest absolute Gasteiger partial charge is 0.507 e. The summed E-state index contributed by atoms with van der Waals surface area (Å²) >= 11 is 0. The number of benzene rings is 2. The highest BCUT2D eigenvalue weighted by Crippen LogP contribution is 2.42. The number of ketones is 1. The fourth-order valence-electron chi connectivity index (χ4n) is 3.53. The van der Waals surface area contributed by atoms with Gasteiger partial charge >= 0.3 is 5.91 Å². The van der Waals surface area contributed by atoms with E-state index in [1.807, 2.05) is 19.1 Å². The molecule has 1 aliphatic rings. The standard InChI is InChI=1S/C23H20N2O5/c1-13-7-9-15(10-8-13)21(26)19-20(16-5-4-6-17(12-16)29-3)25(23(28)22(19)27)18-11-14(2)30-24-18/h4-12,20,26H,1-3H3/b21-19+/t20-/m1/s1. The monoisotopic (exact) mass is 404 g/mol. The zero-order valence-electron chi connectivity index (χ0n) is 16.7. The molecule has 1 atom stereocenters. The summed E-state index contributed by atoms with van der Waals surface area (Å²) in [7, 11) is 1.53. The topological polar surface area (TPSA) is 92.9 Å². The van der Waals surface area contributed by atoms with Crippen molar-refractivity contribution >= 4 is 23.3 Å². The van der Waals surface area contributed by atoms with Gasteiger partial charge in [0.1, 0.15) is 17.3 Å². The summed E-state index contributed by atoms with van der Waals surface area (Å²) in [6.45, 7) is 3.62. The van der Waals surface area contributed by atoms with Crippen LogP contribution in [0.5, 0.6) is 5.75 Å². The number of aliphatic hydroxyl groups excluding tert-OH is 1. The lowest BCUT2D eigenvalue weighted by atomic mass is 9.95. The van der Waals surface area contributed by atoms with Crippen LogP contribution in [0.4, 0.5) is 5.82 Å². The minimum Gasteiger partial charge on any atom is -0.507 e. The van der Waals surface area contributed by atoms with Gasteiger partial charge in [-0.05, 0) is 31.5 Å². The summed E-state index contributed by atoms with van der Waals surface area (Å²) in [4.78, 5) is 27.2. The van der Waals surface area contributed by atoms with Gasteiger partial charge in [0.2, 0.25) is 0 Å². The number of aryl methyl sites for hydroxylation is 2. The molecule has 2 heterocycles. The molecule has 1 saturated heterocycles. The molecule has 1 amide bonds. The lowest BCUT2D eigenvalue weighted by Crippen LogP contribution is -2.29. The van der Waals surface area contributed by atoms with Crippen molar-refractivity contribution in [2.75, 3.05) is 12.0 Å². The predicted molar refractivity (Wildman–Crippen MR) is 110 cm³/mol. The minimum atomic E-state index is -0.883. The molecule has 0 unspecified atom stereocenters. The number of nitrogens with zero attached hydrogens (tertiary/aromatic N) is 2. The number of hydrogen-bond acceptors (Lipinski definition) is 6. The van der Waals surface area contributed by atoms with Crippen LogP contribution in [-0.2, 0) is 9.59 Å². The number of anilines is 1. The molecule has 4 rings (SSSR count). The van der Waals surface area contributed by atoms with Crippen molar-refractivity contribution in [2.45, 2.75) is 19.9 Å². The summed E-state index contributed by atoms with van der Waals surface area (Å²) < 4.78 is 10.4. The molecule has 0 saturated carbocycles. The molecule has 1 aliphatic heterocycles. The maximum atomic E-state index is 13.0. The predicted octanol–water partition coefficient (Wildman–Crippen LogP) is 3.93. The second-order valence-corrected chi connectivity index (χ2v) is 7.11. The van der Waals surface area contributed by atoms with Crippen molar-refractivity contribution in [2.24, 2.45) is 0 Å². The molecule has 0 bridgehead atoms. The number of aliphatic hydroxyl groups is 1. The lowest BCUT2D eigenvalue weighted by Gasteiger charge is -2.23. The van der Waals surface area contributed by atoms with E-state index < -0.39 is 17.7 Å². The van der Waals surface area contributed by atoms with Crippen LogP contribution in [0.1, 0.15) is 28.5 Å². The number of carbonyl (C=O) groups excluding carboxylic acids is 2. The van der Waals surface area contributed by atoms with Crippen molar-refractivity contribution in [1.29, 1.82) is 0 Å². The number of carbonyl (C=O) groups is 2. The maximum Gasteiger partial charge on any atom is 0.301 e. The van der Waals surface area contributed by atoms with Crippen LogP contribution in [0.2, 0.25) is 0 Å². The summed E-state index contributed by atoms with van der Waals surface area (Å²) in [5, 5.41) is 15.0. The zero-order chi connectivity index (χ0) is 21.4. The molecular formula is C23H20N2O5. The van der Waals surface area contributed by atoms with E-state index in [4.69, 9.17) is 9.26 Å². The Kier molecular flexibility index (Phi) is 4.87.